The molecule has 0 fully saturated rings. The fourth-order valence-electron chi connectivity index (χ4n) is 2.93. The quantitative estimate of drug-likeness (QED) is 0.685. The standard InChI is InChI=1S/C18H16F5N5O3/c1-17(6-12(18(21,22)23)31-16(24)28-17)14-10(20)3-5-13(26-14)27-15(29)11-4-2-9(7-25-11)30-8-19/h2-5,7,12H,6,8H2,1H3,(H2,24,28)(H,26,27,29)/t12-,17+/m0/s1. The van der Waals surface area contributed by atoms with Gasteiger partial charge in [0.25, 0.3) is 11.9 Å². The van der Waals surface area contributed by atoms with E-state index >= 15 is 0 Å². The maximum atomic E-state index is 14.5. The molecule has 0 aliphatic carbocycles. The zero-order valence-corrected chi connectivity index (χ0v) is 15.9. The Labute approximate surface area is 172 Å². The summed E-state index contributed by atoms with van der Waals surface area (Å²) in [5, 5.41) is 2.36. The number of nitrogens with zero attached hydrogens (tertiary/aromatic N) is 3. The van der Waals surface area contributed by atoms with Gasteiger partial charge in [0.05, 0.1) is 6.20 Å². The molecule has 3 rings (SSSR count). The van der Waals surface area contributed by atoms with Crippen LogP contribution in [-0.4, -0.2) is 41.0 Å². The molecule has 0 spiro atoms. The molecule has 0 saturated heterocycles. The van der Waals surface area contributed by atoms with E-state index in [2.05, 4.69) is 29.8 Å². The number of pyridine rings is 2. The van der Waals surface area contributed by atoms with Gasteiger partial charge in [-0.25, -0.2) is 23.7 Å². The van der Waals surface area contributed by atoms with Gasteiger partial charge in [-0.2, -0.15) is 13.2 Å². The Balaban J connectivity index is 1.86. The molecule has 166 valence electrons. The highest BCUT2D eigenvalue weighted by atomic mass is 19.4. The van der Waals surface area contributed by atoms with Gasteiger partial charge in [-0.1, -0.05) is 0 Å². The Morgan fingerprint density at radius 2 is 2.10 bits per heavy atom. The molecule has 3 N–H and O–H groups in total. The smallest absolute Gasteiger partial charge is 0.425 e. The average molecular weight is 445 g/mol. The third-order valence-corrected chi connectivity index (χ3v) is 4.36. The fourth-order valence-corrected chi connectivity index (χ4v) is 2.93. The van der Waals surface area contributed by atoms with E-state index < -0.39 is 54.5 Å². The Bertz CT molecular complexity index is 999. The van der Waals surface area contributed by atoms with Gasteiger partial charge in [0.1, 0.15) is 34.3 Å². The maximum Gasteiger partial charge on any atom is 0.425 e. The van der Waals surface area contributed by atoms with Crippen molar-refractivity contribution in [3.8, 4) is 5.75 Å². The number of hydrogen-bond donors (Lipinski definition) is 2. The van der Waals surface area contributed by atoms with Gasteiger partial charge in [0.2, 0.25) is 6.86 Å². The third kappa shape index (κ3) is 4.98. The van der Waals surface area contributed by atoms with Crippen molar-refractivity contribution in [3.63, 3.8) is 0 Å². The first-order valence-corrected chi connectivity index (χ1v) is 8.74. The highest BCUT2D eigenvalue weighted by Gasteiger charge is 2.50. The van der Waals surface area contributed by atoms with E-state index in [0.29, 0.717) is 0 Å². The lowest BCUT2D eigenvalue weighted by atomic mass is 9.89. The highest BCUT2D eigenvalue weighted by Crippen LogP contribution is 2.40. The highest BCUT2D eigenvalue weighted by molar-refractivity contribution is 6.02. The summed E-state index contributed by atoms with van der Waals surface area (Å²) in [5.41, 5.74) is 3.04. The molecule has 0 unspecified atom stereocenters. The van der Waals surface area contributed by atoms with Crippen LogP contribution >= 0.6 is 0 Å². The lowest BCUT2D eigenvalue weighted by molar-refractivity contribution is -0.208. The number of amidine groups is 1. The second-order valence-corrected chi connectivity index (χ2v) is 6.69. The van der Waals surface area contributed by atoms with Gasteiger partial charge in [0, 0.05) is 6.42 Å². The first-order chi connectivity index (χ1) is 14.5. The molecule has 31 heavy (non-hydrogen) atoms. The number of halogens is 5. The van der Waals surface area contributed by atoms with Gasteiger partial charge < -0.3 is 20.5 Å². The second kappa shape index (κ2) is 8.32. The maximum absolute atomic E-state index is 14.5. The predicted molar refractivity (Wildman–Crippen MR) is 97.5 cm³/mol. The number of ether oxygens (including phenoxy) is 2. The Kier molecular flexibility index (Phi) is 5.95. The van der Waals surface area contributed by atoms with Crippen LogP contribution in [0.1, 0.15) is 29.5 Å². The third-order valence-electron chi connectivity index (χ3n) is 4.36. The monoisotopic (exact) mass is 445 g/mol. The zero-order valence-electron chi connectivity index (χ0n) is 15.9. The van der Waals surface area contributed by atoms with Gasteiger partial charge in [-0.3, -0.25) is 4.79 Å². The number of rotatable bonds is 5. The van der Waals surface area contributed by atoms with Crippen molar-refractivity contribution in [2.45, 2.75) is 31.2 Å². The SMILES string of the molecule is C[C@]1(c2nc(NC(=O)c3ccc(OCF)cn3)ccc2F)C[C@@H](C(F)(F)F)OC(N)=N1. The van der Waals surface area contributed by atoms with Crippen LogP contribution < -0.4 is 15.8 Å². The number of carbonyl (C=O) groups is 1. The molecule has 1 amide bonds. The van der Waals surface area contributed by atoms with E-state index in [1.807, 2.05) is 0 Å². The van der Waals surface area contributed by atoms with Gasteiger partial charge in [0.15, 0.2) is 6.10 Å². The Hall–Kier alpha value is -3.51. The summed E-state index contributed by atoms with van der Waals surface area (Å²) in [7, 11) is 0. The molecule has 2 aromatic rings. The summed E-state index contributed by atoms with van der Waals surface area (Å²) in [4.78, 5) is 23.9. The lowest BCUT2D eigenvalue weighted by Crippen LogP contribution is -2.46. The molecule has 0 saturated carbocycles. The number of hydrogen-bond acceptors (Lipinski definition) is 7. The Morgan fingerprint density at radius 1 is 1.35 bits per heavy atom. The molecule has 8 nitrogen and oxygen atoms in total. The van der Waals surface area contributed by atoms with Gasteiger partial charge >= 0.3 is 6.18 Å². The van der Waals surface area contributed by atoms with E-state index in [-0.39, 0.29) is 17.3 Å². The van der Waals surface area contributed by atoms with E-state index in [1.165, 1.54) is 19.1 Å². The normalized spacial score (nSPS) is 21.1. The van der Waals surface area contributed by atoms with E-state index in [4.69, 9.17) is 5.73 Å². The minimum atomic E-state index is -4.76. The molecule has 1 aliphatic rings. The van der Waals surface area contributed by atoms with Crippen LogP contribution in [0.2, 0.25) is 0 Å². The molecule has 13 heteroatoms. The van der Waals surface area contributed by atoms with Gasteiger partial charge in [-0.05, 0) is 31.2 Å². The van der Waals surface area contributed by atoms with Crippen LogP contribution in [0.15, 0.2) is 35.5 Å². The van der Waals surface area contributed by atoms with E-state index in [0.717, 1.165) is 18.3 Å². The Morgan fingerprint density at radius 3 is 2.71 bits per heavy atom. The van der Waals surface area contributed by atoms with Crippen LogP contribution in [0.3, 0.4) is 0 Å². The van der Waals surface area contributed by atoms with Crippen molar-refractivity contribution in [2.24, 2.45) is 10.7 Å². The minimum absolute atomic E-state index is 0.0874. The summed E-state index contributed by atoms with van der Waals surface area (Å²) in [6, 6.07) is 3.85. The summed E-state index contributed by atoms with van der Waals surface area (Å²) in [6.45, 7) is 0.158. The van der Waals surface area contributed by atoms with Crippen LogP contribution in [-0.2, 0) is 10.3 Å². The zero-order chi connectivity index (χ0) is 22.8. The molecule has 3 heterocycles. The summed E-state index contributed by atoms with van der Waals surface area (Å²) < 4.78 is 75.1. The molecule has 0 aromatic carbocycles. The van der Waals surface area contributed by atoms with Crippen molar-refractivity contribution in [1.29, 1.82) is 0 Å². The predicted octanol–water partition coefficient (Wildman–Crippen LogP) is 3.05. The number of anilines is 1. The lowest BCUT2D eigenvalue weighted by Gasteiger charge is -2.35. The first-order valence-electron chi connectivity index (χ1n) is 8.74. The van der Waals surface area contributed by atoms with Crippen LogP contribution in [0, 0.1) is 5.82 Å². The van der Waals surface area contributed by atoms with Crippen molar-refractivity contribution in [2.75, 3.05) is 12.2 Å². The van der Waals surface area contributed by atoms with Crippen molar-refractivity contribution >= 4 is 17.7 Å². The summed E-state index contributed by atoms with van der Waals surface area (Å²) >= 11 is 0. The molecular weight excluding hydrogens is 429 g/mol. The van der Waals surface area contributed by atoms with Crippen LogP contribution in [0.5, 0.6) is 5.75 Å². The molecular formula is C18H16F5N5O3. The topological polar surface area (TPSA) is 112 Å². The molecule has 0 bridgehead atoms. The minimum Gasteiger partial charge on any atom is -0.461 e. The van der Waals surface area contributed by atoms with Gasteiger partial charge in [-0.15, -0.1) is 0 Å². The summed E-state index contributed by atoms with van der Waals surface area (Å²) in [5.74, 6) is -1.74. The van der Waals surface area contributed by atoms with Crippen molar-refractivity contribution in [3.05, 3.63) is 47.7 Å². The van der Waals surface area contributed by atoms with Crippen molar-refractivity contribution < 1.29 is 36.2 Å². The molecule has 1 aliphatic heterocycles. The average Bonchev–Trinajstić information content (AvgIpc) is 2.69. The number of alkyl halides is 4. The number of amides is 1. The van der Waals surface area contributed by atoms with Crippen LogP contribution in [0.25, 0.3) is 0 Å². The number of nitrogens with two attached hydrogens (primary N) is 1. The number of carbonyl (C=O) groups excluding carboxylic acids is 1. The molecule has 0 radical (unpaired) electrons. The number of aliphatic imine (C=N–C) groups is 1. The second-order valence-electron chi connectivity index (χ2n) is 6.69. The first kappa shape index (κ1) is 22.2. The molecule has 2 atom stereocenters. The van der Waals surface area contributed by atoms with E-state index in [9.17, 15) is 26.7 Å². The van der Waals surface area contributed by atoms with E-state index in [1.54, 1.807) is 0 Å². The molecule has 2 aromatic heterocycles. The summed E-state index contributed by atoms with van der Waals surface area (Å²) in [6.07, 6.45) is -6.71. The largest absolute Gasteiger partial charge is 0.461 e. The fraction of sp³-hybridized carbons (Fsp3) is 0.333. The number of aromatic nitrogens is 2. The van der Waals surface area contributed by atoms with Crippen molar-refractivity contribution in [1.82, 2.24) is 9.97 Å². The number of nitrogens with one attached hydrogen (secondary N) is 1. The van der Waals surface area contributed by atoms with Crippen LogP contribution in [0.4, 0.5) is 27.8 Å².